The van der Waals surface area contributed by atoms with E-state index < -0.39 is 29.2 Å². The first kappa shape index (κ1) is 17.5. The van der Waals surface area contributed by atoms with Gasteiger partial charge in [-0.15, -0.1) is 0 Å². The van der Waals surface area contributed by atoms with E-state index in [1.807, 2.05) is 13.8 Å². The lowest BCUT2D eigenvalue weighted by atomic mass is 9.63. The van der Waals surface area contributed by atoms with Crippen LogP contribution in [0.4, 0.5) is 0 Å². The molecule has 0 spiro atoms. The van der Waals surface area contributed by atoms with Gasteiger partial charge in [0.05, 0.1) is 6.61 Å². The summed E-state index contributed by atoms with van der Waals surface area (Å²) in [4.78, 5) is 0. The number of ether oxygens (including phenoxy) is 3. The van der Waals surface area contributed by atoms with Crippen LogP contribution in [0.3, 0.4) is 0 Å². The van der Waals surface area contributed by atoms with Gasteiger partial charge in [0.25, 0.3) is 0 Å². The van der Waals surface area contributed by atoms with Gasteiger partial charge in [-0.25, -0.2) is 0 Å². The zero-order valence-corrected chi connectivity index (χ0v) is 14.2. The molecule has 2 fully saturated rings. The molecule has 0 aromatic rings. The van der Waals surface area contributed by atoms with Gasteiger partial charge in [0.1, 0.15) is 23.6 Å². The molecular formula is C17H28O5. The van der Waals surface area contributed by atoms with Crippen molar-refractivity contribution in [2.24, 2.45) is 5.92 Å². The average molecular weight is 312 g/mol. The molecule has 1 saturated carbocycles. The molecule has 5 heteroatoms. The minimum absolute atomic E-state index is 0.252. The van der Waals surface area contributed by atoms with Crippen molar-refractivity contribution < 1.29 is 24.4 Å². The molecular weight excluding hydrogens is 284 g/mol. The minimum Gasteiger partial charge on any atom is -0.496 e. The first-order chi connectivity index (χ1) is 9.99. The first-order valence-corrected chi connectivity index (χ1v) is 7.77. The van der Waals surface area contributed by atoms with Gasteiger partial charge in [0.2, 0.25) is 0 Å². The van der Waals surface area contributed by atoms with E-state index in [0.29, 0.717) is 18.6 Å². The van der Waals surface area contributed by atoms with E-state index in [2.05, 4.69) is 13.2 Å². The average Bonchev–Trinajstić information content (AvgIpc) is 2.73. The lowest BCUT2D eigenvalue weighted by molar-refractivity contribution is -0.192. The summed E-state index contributed by atoms with van der Waals surface area (Å²) in [5.74, 6) is -0.988. The largest absolute Gasteiger partial charge is 0.496 e. The molecule has 1 saturated heterocycles. The highest BCUT2D eigenvalue weighted by atomic mass is 16.8. The molecule has 22 heavy (non-hydrogen) atoms. The fraction of sp³-hybridized carbons (Fsp3) is 0.765. The smallest absolute Gasteiger partial charge is 0.164 e. The minimum atomic E-state index is -1.42. The summed E-state index contributed by atoms with van der Waals surface area (Å²) in [6.07, 6.45) is -1.20. The second kappa shape index (κ2) is 5.34. The first-order valence-electron chi connectivity index (χ1n) is 7.77. The summed E-state index contributed by atoms with van der Waals surface area (Å²) in [5, 5.41) is 22.4. The second-order valence-electron chi connectivity index (χ2n) is 6.97. The van der Waals surface area contributed by atoms with Crippen molar-refractivity contribution in [1.82, 2.24) is 0 Å². The van der Waals surface area contributed by atoms with Crippen LogP contribution in [0, 0.1) is 5.92 Å². The maximum Gasteiger partial charge on any atom is 0.164 e. The van der Waals surface area contributed by atoms with Crippen LogP contribution in [0.15, 0.2) is 24.5 Å². The molecule has 5 nitrogen and oxygen atoms in total. The van der Waals surface area contributed by atoms with E-state index in [-0.39, 0.29) is 11.7 Å². The molecule has 1 heterocycles. The molecule has 1 aliphatic heterocycles. The number of rotatable bonds is 4. The molecule has 0 bridgehead atoms. The third-order valence-electron chi connectivity index (χ3n) is 4.87. The van der Waals surface area contributed by atoms with Crippen molar-refractivity contribution in [2.45, 2.75) is 70.2 Å². The molecule has 0 amide bonds. The number of hydrogen-bond acceptors (Lipinski definition) is 5. The Morgan fingerprint density at radius 2 is 1.77 bits per heavy atom. The van der Waals surface area contributed by atoms with Gasteiger partial charge >= 0.3 is 0 Å². The molecule has 126 valence electrons. The van der Waals surface area contributed by atoms with Gasteiger partial charge in [0, 0.05) is 0 Å². The molecule has 1 aliphatic carbocycles. The van der Waals surface area contributed by atoms with Crippen LogP contribution in [0.25, 0.3) is 0 Å². The summed E-state index contributed by atoms with van der Waals surface area (Å²) >= 11 is 0. The van der Waals surface area contributed by atoms with Gasteiger partial charge in [-0.3, -0.25) is 0 Å². The highest BCUT2D eigenvalue weighted by Crippen LogP contribution is 2.52. The summed E-state index contributed by atoms with van der Waals surface area (Å²) in [7, 11) is 0. The Morgan fingerprint density at radius 1 is 1.23 bits per heavy atom. The van der Waals surface area contributed by atoms with Gasteiger partial charge < -0.3 is 24.4 Å². The van der Waals surface area contributed by atoms with Crippen molar-refractivity contribution in [3.05, 3.63) is 24.5 Å². The Labute approximate surface area is 132 Å². The Kier molecular flexibility index (Phi) is 4.24. The summed E-state index contributed by atoms with van der Waals surface area (Å²) in [6, 6.07) is 0. The number of fused-ring (bicyclic) bond motifs is 1. The highest BCUT2D eigenvalue weighted by molar-refractivity contribution is 5.28. The predicted octanol–water partition coefficient (Wildman–Crippen LogP) is 2.13. The standard InChI is InChI=1S/C17H28O5/c1-8-20-12(5)17(19)11(4)9-16(18,10(2)3)13-14(17)22-15(6,7)21-13/h11,13-14,18-19H,2,5,8-9H2,1,3-4,6-7H3/t11-,13-,14+,16-,17+/m1/s1. The van der Waals surface area contributed by atoms with E-state index in [9.17, 15) is 10.2 Å². The molecule has 0 unspecified atom stereocenters. The van der Waals surface area contributed by atoms with Crippen molar-refractivity contribution in [1.29, 1.82) is 0 Å². The topological polar surface area (TPSA) is 68.2 Å². The van der Waals surface area contributed by atoms with Crippen LogP contribution in [-0.4, -0.2) is 46.0 Å². The molecule has 5 atom stereocenters. The number of hydrogen-bond donors (Lipinski definition) is 2. The fourth-order valence-corrected chi connectivity index (χ4v) is 3.59. The van der Waals surface area contributed by atoms with Crippen LogP contribution in [0.1, 0.15) is 41.0 Å². The van der Waals surface area contributed by atoms with Gasteiger partial charge in [0.15, 0.2) is 11.4 Å². The summed E-state index contributed by atoms with van der Waals surface area (Å²) in [5.41, 5.74) is -2.08. The third kappa shape index (κ3) is 2.40. The van der Waals surface area contributed by atoms with Crippen molar-refractivity contribution in [3.8, 4) is 0 Å². The Balaban J connectivity index is 2.49. The van der Waals surface area contributed by atoms with Crippen molar-refractivity contribution in [2.75, 3.05) is 6.61 Å². The van der Waals surface area contributed by atoms with Crippen molar-refractivity contribution in [3.63, 3.8) is 0 Å². The lowest BCUT2D eigenvalue weighted by Gasteiger charge is -2.51. The van der Waals surface area contributed by atoms with E-state index >= 15 is 0 Å². The van der Waals surface area contributed by atoms with Crippen LogP contribution in [0.2, 0.25) is 0 Å². The zero-order chi connectivity index (χ0) is 16.9. The quantitative estimate of drug-likeness (QED) is 0.615. The van der Waals surface area contributed by atoms with E-state index in [1.165, 1.54) is 0 Å². The molecule has 0 aromatic carbocycles. The SMILES string of the molecule is C=C(OCC)[C@@]1(O)[C@H](C)C[C@@](O)(C(=C)C)[C@@H]2OC(C)(C)O[C@@H]21. The fourth-order valence-electron chi connectivity index (χ4n) is 3.59. The van der Waals surface area contributed by atoms with Crippen molar-refractivity contribution >= 4 is 0 Å². The molecule has 2 N–H and O–H groups in total. The number of aliphatic hydroxyl groups is 2. The van der Waals surface area contributed by atoms with Crippen LogP contribution in [-0.2, 0) is 14.2 Å². The molecule has 0 radical (unpaired) electrons. The van der Waals surface area contributed by atoms with Crippen LogP contribution in [0.5, 0.6) is 0 Å². The van der Waals surface area contributed by atoms with E-state index in [1.54, 1.807) is 20.8 Å². The summed E-state index contributed by atoms with van der Waals surface area (Å²) in [6.45, 7) is 17.2. The highest BCUT2D eigenvalue weighted by Gasteiger charge is 2.66. The Morgan fingerprint density at radius 3 is 2.27 bits per heavy atom. The van der Waals surface area contributed by atoms with Crippen LogP contribution >= 0.6 is 0 Å². The summed E-state index contributed by atoms with van der Waals surface area (Å²) < 4.78 is 17.3. The Hall–Kier alpha value is -0.880. The van der Waals surface area contributed by atoms with Gasteiger partial charge in [-0.1, -0.05) is 20.1 Å². The molecule has 2 aliphatic rings. The normalized spacial score (nSPS) is 43.5. The lowest BCUT2D eigenvalue weighted by Crippen LogP contribution is -2.66. The predicted molar refractivity (Wildman–Crippen MR) is 83.1 cm³/mol. The maximum absolute atomic E-state index is 11.3. The van der Waals surface area contributed by atoms with Crippen LogP contribution < -0.4 is 0 Å². The maximum atomic E-state index is 11.3. The van der Waals surface area contributed by atoms with Gasteiger partial charge in [-0.2, -0.15) is 0 Å². The Bertz CT molecular complexity index is 485. The third-order valence-corrected chi connectivity index (χ3v) is 4.87. The zero-order valence-electron chi connectivity index (χ0n) is 14.2. The van der Waals surface area contributed by atoms with Gasteiger partial charge in [-0.05, 0) is 45.6 Å². The molecule has 0 aromatic heterocycles. The van der Waals surface area contributed by atoms with E-state index in [0.717, 1.165) is 0 Å². The second-order valence-corrected chi connectivity index (χ2v) is 6.97. The van der Waals surface area contributed by atoms with E-state index in [4.69, 9.17) is 14.2 Å². The molecule has 2 rings (SSSR count). The monoisotopic (exact) mass is 312 g/mol.